The normalized spacial score (nSPS) is 10.6. The van der Waals surface area contributed by atoms with E-state index in [0.717, 1.165) is 11.2 Å². The van der Waals surface area contributed by atoms with E-state index in [4.69, 9.17) is 5.73 Å². The van der Waals surface area contributed by atoms with Crippen LogP contribution in [0.3, 0.4) is 0 Å². The lowest BCUT2D eigenvalue weighted by atomic mass is 10.3. The molecule has 0 spiro atoms. The predicted octanol–water partition coefficient (Wildman–Crippen LogP) is 0.793. The van der Waals surface area contributed by atoms with Crippen LogP contribution in [0.5, 0.6) is 0 Å². The predicted molar refractivity (Wildman–Crippen MR) is 43.1 cm³/mol. The highest BCUT2D eigenvalue weighted by Crippen LogP contribution is 2.06. The Hall–Kier alpha value is -1.35. The molecule has 0 bridgehead atoms. The van der Waals surface area contributed by atoms with Gasteiger partial charge >= 0.3 is 0 Å². The summed E-state index contributed by atoms with van der Waals surface area (Å²) in [4.78, 5) is 4.15. The summed E-state index contributed by atoms with van der Waals surface area (Å²) in [6, 6.07) is 3.99. The fraction of sp³-hybridized carbons (Fsp3) is 0.125. The van der Waals surface area contributed by atoms with Gasteiger partial charge in [-0.25, -0.2) is 0 Å². The zero-order valence-corrected chi connectivity index (χ0v) is 6.07. The molecular weight excluding hydrogens is 138 g/mol. The fourth-order valence-corrected chi connectivity index (χ4v) is 1.19. The molecule has 56 valence electrons. The van der Waals surface area contributed by atoms with Crippen molar-refractivity contribution in [2.24, 2.45) is 5.73 Å². The van der Waals surface area contributed by atoms with E-state index in [2.05, 4.69) is 4.98 Å². The first-order valence-corrected chi connectivity index (χ1v) is 3.52. The molecule has 11 heavy (non-hydrogen) atoms. The maximum Gasteiger partial charge on any atom is 0.0779 e. The molecule has 0 fully saturated rings. The van der Waals surface area contributed by atoms with Gasteiger partial charge in [0.25, 0.3) is 0 Å². The van der Waals surface area contributed by atoms with Crippen LogP contribution in [0, 0.1) is 0 Å². The van der Waals surface area contributed by atoms with Crippen molar-refractivity contribution in [3.8, 4) is 0 Å². The van der Waals surface area contributed by atoms with E-state index in [1.54, 1.807) is 6.20 Å². The summed E-state index contributed by atoms with van der Waals surface area (Å²) in [5, 5.41) is 0. The summed E-state index contributed by atoms with van der Waals surface area (Å²) >= 11 is 0. The molecular formula is C8H9N3. The number of hydrogen-bond acceptors (Lipinski definition) is 2. The summed E-state index contributed by atoms with van der Waals surface area (Å²) in [6.07, 6.45) is 5.65. The molecule has 0 saturated carbocycles. The van der Waals surface area contributed by atoms with Gasteiger partial charge in [0.1, 0.15) is 0 Å². The second-order valence-electron chi connectivity index (χ2n) is 2.38. The van der Waals surface area contributed by atoms with Crippen LogP contribution < -0.4 is 5.73 Å². The van der Waals surface area contributed by atoms with Crippen LogP contribution in [0.15, 0.2) is 30.7 Å². The van der Waals surface area contributed by atoms with Crippen LogP contribution in [-0.2, 0) is 6.54 Å². The largest absolute Gasteiger partial charge is 0.325 e. The number of nitrogens with zero attached hydrogens (tertiary/aromatic N) is 2. The fourth-order valence-electron chi connectivity index (χ4n) is 1.19. The van der Waals surface area contributed by atoms with Crippen molar-refractivity contribution in [1.29, 1.82) is 0 Å². The number of hydrogen-bond donors (Lipinski definition) is 1. The van der Waals surface area contributed by atoms with E-state index < -0.39 is 0 Å². The average Bonchev–Trinajstić information content (AvgIpc) is 2.50. The lowest BCUT2D eigenvalue weighted by molar-refractivity contribution is 0.972. The van der Waals surface area contributed by atoms with Gasteiger partial charge in [-0.3, -0.25) is 4.98 Å². The zero-order valence-electron chi connectivity index (χ0n) is 6.07. The zero-order chi connectivity index (χ0) is 7.68. The molecule has 2 N–H and O–H groups in total. The van der Waals surface area contributed by atoms with E-state index in [0.29, 0.717) is 6.54 Å². The van der Waals surface area contributed by atoms with Crippen LogP contribution in [0.2, 0.25) is 0 Å². The Labute approximate surface area is 64.5 Å². The molecule has 0 aliphatic heterocycles. The van der Waals surface area contributed by atoms with Crippen molar-refractivity contribution >= 4 is 5.52 Å². The van der Waals surface area contributed by atoms with Gasteiger partial charge in [-0.05, 0) is 12.1 Å². The molecule has 0 atom stereocenters. The second-order valence-corrected chi connectivity index (χ2v) is 2.38. The first-order chi connectivity index (χ1) is 5.42. The maximum absolute atomic E-state index is 5.50. The van der Waals surface area contributed by atoms with Crippen molar-refractivity contribution in [3.63, 3.8) is 0 Å². The van der Waals surface area contributed by atoms with Crippen LogP contribution in [-0.4, -0.2) is 9.38 Å². The average molecular weight is 147 g/mol. The molecule has 0 aliphatic carbocycles. The minimum atomic E-state index is 0.494. The second kappa shape index (κ2) is 2.36. The Morgan fingerprint density at radius 3 is 3.18 bits per heavy atom. The van der Waals surface area contributed by atoms with E-state index in [9.17, 15) is 0 Å². The van der Waals surface area contributed by atoms with Crippen molar-refractivity contribution in [2.45, 2.75) is 6.54 Å². The van der Waals surface area contributed by atoms with Gasteiger partial charge in [0.2, 0.25) is 0 Å². The lowest BCUT2D eigenvalue weighted by Crippen LogP contribution is -2.01. The van der Waals surface area contributed by atoms with Gasteiger partial charge in [0, 0.05) is 25.1 Å². The van der Waals surface area contributed by atoms with E-state index in [-0.39, 0.29) is 0 Å². The highest BCUT2D eigenvalue weighted by atomic mass is 14.9. The first-order valence-electron chi connectivity index (χ1n) is 3.52. The third kappa shape index (κ3) is 0.897. The number of nitrogens with two attached hydrogens (primary N) is 1. The third-order valence-corrected chi connectivity index (χ3v) is 1.73. The Morgan fingerprint density at radius 1 is 1.45 bits per heavy atom. The van der Waals surface area contributed by atoms with Gasteiger partial charge in [-0.2, -0.15) is 0 Å². The molecule has 0 radical (unpaired) electrons. The van der Waals surface area contributed by atoms with Crippen molar-refractivity contribution in [1.82, 2.24) is 9.38 Å². The smallest absolute Gasteiger partial charge is 0.0779 e. The molecule has 0 aromatic carbocycles. The minimum absolute atomic E-state index is 0.494. The molecule has 0 saturated heterocycles. The molecule has 2 heterocycles. The van der Waals surface area contributed by atoms with Crippen LogP contribution in [0.25, 0.3) is 5.52 Å². The Bertz CT molecular complexity index is 364. The van der Waals surface area contributed by atoms with Crippen molar-refractivity contribution in [2.75, 3.05) is 0 Å². The monoisotopic (exact) mass is 147 g/mol. The molecule has 0 aliphatic rings. The van der Waals surface area contributed by atoms with E-state index in [1.807, 2.05) is 28.9 Å². The topological polar surface area (TPSA) is 43.3 Å². The Kier molecular flexibility index (Phi) is 1.36. The van der Waals surface area contributed by atoms with Crippen molar-refractivity contribution < 1.29 is 0 Å². The lowest BCUT2D eigenvalue weighted by Gasteiger charge is -1.98. The molecule has 3 nitrogen and oxygen atoms in total. The van der Waals surface area contributed by atoms with Crippen LogP contribution in [0.4, 0.5) is 0 Å². The molecule has 3 heteroatoms. The minimum Gasteiger partial charge on any atom is -0.325 e. The van der Waals surface area contributed by atoms with Crippen LogP contribution in [0.1, 0.15) is 5.69 Å². The number of fused-ring (bicyclic) bond motifs is 1. The number of aromatic nitrogens is 2. The summed E-state index contributed by atoms with van der Waals surface area (Å²) in [6.45, 7) is 0.494. The summed E-state index contributed by atoms with van der Waals surface area (Å²) in [7, 11) is 0. The Morgan fingerprint density at radius 2 is 2.36 bits per heavy atom. The number of rotatable bonds is 1. The van der Waals surface area contributed by atoms with Gasteiger partial charge in [-0.1, -0.05) is 0 Å². The third-order valence-electron chi connectivity index (χ3n) is 1.73. The quantitative estimate of drug-likeness (QED) is 0.648. The van der Waals surface area contributed by atoms with Gasteiger partial charge in [0.05, 0.1) is 11.2 Å². The standard InChI is InChI=1S/C8H9N3/c9-6-7-8-2-1-4-11(8)5-3-10-7/h1-5H,6,9H2. The van der Waals surface area contributed by atoms with Crippen molar-refractivity contribution in [3.05, 3.63) is 36.4 Å². The molecule has 0 unspecified atom stereocenters. The molecule has 0 amide bonds. The SMILES string of the molecule is NCc1nccn2cccc12. The van der Waals surface area contributed by atoms with E-state index >= 15 is 0 Å². The van der Waals surface area contributed by atoms with Crippen LogP contribution >= 0.6 is 0 Å². The van der Waals surface area contributed by atoms with Gasteiger partial charge < -0.3 is 10.1 Å². The highest BCUT2D eigenvalue weighted by Gasteiger charge is 1.97. The maximum atomic E-state index is 5.50. The summed E-state index contributed by atoms with van der Waals surface area (Å²) < 4.78 is 2.01. The highest BCUT2D eigenvalue weighted by molar-refractivity contribution is 5.51. The summed E-state index contributed by atoms with van der Waals surface area (Å²) in [5.41, 5.74) is 7.53. The van der Waals surface area contributed by atoms with Gasteiger partial charge in [0.15, 0.2) is 0 Å². The van der Waals surface area contributed by atoms with Gasteiger partial charge in [-0.15, -0.1) is 0 Å². The molecule has 2 rings (SSSR count). The summed E-state index contributed by atoms with van der Waals surface area (Å²) in [5.74, 6) is 0. The first kappa shape index (κ1) is 6.37. The molecule has 2 aromatic rings. The van der Waals surface area contributed by atoms with E-state index in [1.165, 1.54) is 0 Å². The molecule has 2 aromatic heterocycles. The Balaban J connectivity index is 2.79.